The van der Waals surface area contributed by atoms with E-state index in [2.05, 4.69) is 34.3 Å². The molecule has 184 valence electrons. The van der Waals surface area contributed by atoms with Gasteiger partial charge in [0.15, 0.2) is 5.16 Å². The fraction of sp³-hybridized carbons (Fsp3) is 0.360. The van der Waals surface area contributed by atoms with Crippen LogP contribution in [0.4, 0.5) is 11.4 Å². The second-order valence-corrected chi connectivity index (χ2v) is 8.94. The first-order valence-corrected chi connectivity index (χ1v) is 12.7. The van der Waals surface area contributed by atoms with E-state index in [0.29, 0.717) is 35.9 Å². The number of fused-ring (bicyclic) bond motifs is 3. The molecule has 4 rings (SSSR count). The van der Waals surface area contributed by atoms with E-state index in [1.165, 1.54) is 11.8 Å². The minimum atomic E-state index is -0.139. The summed E-state index contributed by atoms with van der Waals surface area (Å²) in [6.07, 6.45) is 0.676. The Hall–Kier alpha value is -3.37. The van der Waals surface area contributed by atoms with Gasteiger partial charge in [0.05, 0.1) is 16.7 Å². The quantitative estimate of drug-likeness (QED) is 0.251. The predicted octanol–water partition coefficient (Wildman–Crippen LogP) is 3.66. The lowest BCUT2D eigenvalue weighted by Gasteiger charge is -2.21. The number of nitrogens with zero attached hydrogens (tertiary/aromatic N) is 5. The maximum atomic E-state index is 13.1. The van der Waals surface area contributed by atoms with E-state index in [9.17, 15) is 9.59 Å². The zero-order valence-electron chi connectivity index (χ0n) is 20.2. The number of amides is 1. The first-order chi connectivity index (χ1) is 17.1. The number of hydrogen-bond donors (Lipinski definition) is 1. The summed E-state index contributed by atoms with van der Waals surface area (Å²) in [6.45, 7) is 7.10. The normalized spacial score (nSPS) is 11.3. The number of benzene rings is 2. The fourth-order valence-corrected chi connectivity index (χ4v) is 4.81. The van der Waals surface area contributed by atoms with Gasteiger partial charge in [-0.25, -0.2) is 0 Å². The number of carbonyl (C=O) groups is 1. The molecule has 0 unspecified atom stereocenters. The molecule has 4 aromatic rings. The number of aromatic nitrogens is 4. The molecule has 2 aromatic heterocycles. The van der Waals surface area contributed by atoms with Crippen molar-refractivity contribution in [1.29, 1.82) is 0 Å². The second-order valence-electron chi connectivity index (χ2n) is 7.99. The third-order valence-corrected chi connectivity index (χ3v) is 6.75. The van der Waals surface area contributed by atoms with Gasteiger partial charge >= 0.3 is 0 Å². The summed E-state index contributed by atoms with van der Waals surface area (Å²) in [5, 5.41) is 12.7. The lowest BCUT2D eigenvalue weighted by molar-refractivity contribution is -0.113. The van der Waals surface area contributed by atoms with Crippen molar-refractivity contribution < 1.29 is 9.53 Å². The van der Waals surface area contributed by atoms with Crippen LogP contribution in [0.5, 0.6) is 0 Å². The van der Waals surface area contributed by atoms with E-state index in [4.69, 9.17) is 4.74 Å². The van der Waals surface area contributed by atoms with E-state index in [0.717, 1.165) is 30.0 Å². The summed E-state index contributed by atoms with van der Waals surface area (Å²) in [5.74, 6) is 0.482. The van der Waals surface area contributed by atoms with Gasteiger partial charge in [-0.15, -0.1) is 10.2 Å². The van der Waals surface area contributed by atoms with Gasteiger partial charge in [0.25, 0.3) is 5.56 Å². The number of nitrogens with one attached hydrogen (secondary N) is 1. The van der Waals surface area contributed by atoms with Gasteiger partial charge in [-0.3, -0.25) is 18.6 Å². The van der Waals surface area contributed by atoms with Crippen molar-refractivity contribution in [2.24, 2.45) is 0 Å². The number of carbonyl (C=O) groups excluding carboxylic acids is 1. The van der Waals surface area contributed by atoms with Crippen LogP contribution in [-0.2, 0) is 16.1 Å². The van der Waals surface area contributed by atoms with Gasteiger partial charge in [0.2, 0.25) is 11.7 Å². The molecule has 0 saturated carbocycles. The Morgan fingerprint density at radius 3 is 2.54 bits per heavy atom. The van der Waals surface area contributed by atoms with Gasteiger partial charge < -0.3 is 15.0 Å². The Morgan fingerprint density at radius 2 is 1.83 bits per heavy atom. The Morgan fingerprint density at radius 1 is 1.09 bits per heavy atom. The van der Waals surface area contributed by atoms with Gasteiger partial charge in [-0.2, -0.15) is 0 Å². The van der Waals surface area contributed by atoms with E-state index in [1.54, 1.807) is 17.7 Å². The molecule has 0 spiro atoms. The minimum absolute atomic E-state index is 0.112. The van der Waals surface area contributed by atoms with E-state index in [-0.39, 0.29) is 17.2 Å². The highest BCUT2D eigenvalue weighted by Gasteiger charge is 2.17. The Bertz CT molecular complexity index is 1360. The van der Waals surface area contributed by atoms with Crippen LogP contribution in [0, 0.1) is 0 Å². The zero-order chi connectivity index (χ0) is 24.8. The molecule has 1 N–H and O–H groups in total. The highest BCUT2D eigenvalue weighted by atomic mass is 32.2. The summed E-state index contributed by atoms with van der Waals surface area (Å²) in [6, 6.07) is 15.2. The summed E-state index contributed by atoms with van der Waals surface area (Å²) >= 11 is 1.29. The van der Waals surface area contributed by atoms with Crippen LogP contribution in [0.2, 0.25) is 0 Å². The number of ether oxygens (including phenoxy) is 1. The number of methoxy groups -OCH3 is 1. The van der Waals surface area contributed by atoms with E-state index in [1.807, 2.05) is 46.9 Å². The Labute approximate surface area is 208 Å². The number of anilines is 2. The Balaban J connectivity index is 1.54. The summed E-state index contributed by atoms with van der Waals surface area (Å²) in [5.41, 5.74) is 2.48. The van der Waals surface area contributed by atoms with Gasteiger partial charge in [-0.05, 0) is 56.7 Å². The van der Waals surface area contributed by atoms with Crippen molar-refractivity contribution in [2.45, 2.75) is 32.0 Å². The molecule has 0 fully saturated rings. The molecule has 0 bridgehead atoms. The molecule has 0 atom stereocenters. The first-order valence-electron chi connectivity index (χ1n) is 11.7. The van der Waals surface area contributed by atoms with E-state index < -0.39 is 0 Å². The van der Waals surface area contributed by atoms with Crippen LogP contribution < -0.4 is 15.8 Å². The van der Waals surface area contributed by atoms with Crippen molar-refractivity contribution in [3.05, 3.63) is 58.9 Å². The van der Waals surface area contributed by atoms with Crippen LogP contribution in [0.3, 0.4) is 0 Å². The van der Waals surface area contributed by atoms with Crippen LogP contribution in [-0.4, -0.2) is 57.6 Å². The van der Waals surface area contributed by atoms with Crippen LogP contribution in [0.1, 0.15) is 20.3 Å². The molecule has 9 nitrogen and oxygen atoms in total. The molecular weight excluding hydrogens is 464 g/mol. The lowest BCUT2D eigenvalue weighted by Crippen LogP contribution is -2.24. The van der Waals surface area contributed by atoms with Crippen LogP contribution in [0.25, 0.3) is 16.7 Å². The highest BCUT2D eigenvalue weighted by Crippen LogP contribution is 2.23. The summed E-state index contributed by atoms with van der Waals surface area (Å²) in [7, 11) is 1.63. The van der Waals surface area contributed by atoms with Crippen LogP contribution in [0.15, 0.2) is 58.5 Å². The molecule has 2 heterocycles. The van der Waals surface area contributed by atoms with Gasteiger partial charge in [-0.1, -0.05) is 23.9 Å². The van der Waals surface area contributed by atoms with Crippen molar-refractivity contribution in [3.63, 3.8) is 0 Å². The molecule has 10 heteroatoms. The van der Waals surface area contributed by atoms with Crippen LogP contribution >= 0.6 is 11.8 Å². The smallest absolute Gasteiger partial charge is 0.262 e. The van der Waals surface area contributed by atoms with Crippen molar-refractivity contribution in [3.8, 4) is 0 Å². The average molecular weight is 495 g/mol. The monoisotopic (exact) mass is 494 g/mol. The molecule has 2 aromatic carbocycles. The van der Waals surface area contributed by atoms with E-state index >= 15 is 0 Å². The molecule has 35 heavy (non-hydrogen) atoms. The number of thioether (sulfide) groups is 1. The third kappa shape index (κ3) is 5.33. The number of para-hydroxylation sites is 1. The molecule has 0 saturated heterocycles. The topological polar surface area (TPSA) is 93.8 Å². The average Bonchev–Trinajstić information content (AvgIpc) is 3.30. The lowest BCUT2D eigenvalue weighted by atomic mass is 10.2. The van der Waals surface area contributed by atoms with Gasteiger partial charge in [0, 0.05) is 44.7 Å². The molecular formula is C25H30N6O3S. The Kier molecular flexibility index (Phi) is 8.04. The molecule has 0 aliphatic heterocycles. The largest absolute Gasteiger partial charge is 0.385 e. The molecule has 0 radical (unpaired) electrons. The first kappa shape index (κ1) is 24.7. The predicted molar refractivity (Wildman–Crippen MR) is 141 cm³/mol. The highest BCUT2D eigenvalue weighted by molar-refractivity contribution is 7.99. The minimum Gasteiger partial charge on any atom is -0.385 e. The van der Waals surface area contributed by atoms with Gasteiger partial charge in [0.1, 0.15) is 0 Å². The van der Waals surface area contributed by atoms with Crippen molar-refractivity contribution in [2.75, 3.05) is 42.8 Å². The number of aryl methyl sites for hydroxylation is 1. The summed E-state index contributed by atoms with van der Waals surface area (Å²) in [4.78, 5) is 28.0. The standard InChI is InChI=1S/C25H30N6O3S/c1-4-29(5-2)19-13-11-18(12-14-19)26-22(32)17-35-25-28-27-24-30(15-8-16-34-3)23(33)20-9-6-7-10-21(20)31(24)25/h6-7,9-14H,4-5,8,15-17H2,1-3H3,(H,26,32). The summed E-state index contributed by atoms with van der Waals surface area (Å²) < 4.78 is 8.61. The van der Waals surface area contributed by atoms with Crippen molar-refractivity contribution >= 4 is 45.7 Å². The molecule has 0 aliphatic rings. The maximum Gasteiger partial charge on any atom is 0.262 e. The second kappa shape index (κ2) is 11.4. The molecule has 1 amide bonds. The third-order valence-electron chi connectivity index (χ3n) is 5.82. The van der Waals surface area contributed by atoms with Crippen molar-refractivity contribution in [1.82, 2.24) is 19.2 Å². The SMILES string of the molecule is CCN(CC)c1ccc(NC(=O)CSc2nnc3n(CCCOC)c(=O)c4ccccc4n23)cc1. The fourth-order valence-electron chi connectivity index (χ4n) is 4.07. The number of hydrogen-bond acceptors (Lipinski definition) is 7. The molecule has 0 aliphatic carbocycles. The maximum absolute atomic E-state index is 13.1. The zero-order valence-corrected chi connectivity index (χ0v) is 21.0. The number of rotatable bonds is 11.